The molecule has 1 aromatic heterocycles. The molecule has 126 valence electrons. The van der Waals surface area contributed by atoms with Gasteiger partial charge in [-0.1, -0.05) is 42.5 Å². The van der Waals surface area contributed by atoms with E-state index in [0.717, 1.165) is 16.7 Å². The minimum atomic E-state index is -1.31. The Labute approximate surface area is 153 Å². The summed E-state index contributed by atoms with van der Waals surface area (Å²) in [5.74, 6) is -2.15. The van der Waals surface area contributed by atoms with E-state index in [1.54, 1.807) is 23.6 Å². The van der Waals surface area contributed by atoms with E-state index < -0.39 is 17.6 Å². The topological polar surface area (TPSA) is 90.2 Å². The number of phenolic OH excluding ortho intramolecular Hbond substituents is 1. The number of aromatic hydroxyl groups is 1. The SMILES string of the molecule is N#C[C@H]1C(=O)Nc2scc(-c3ccc(-c4ccccc4O)cc3)c2C1=O. The summed E-state index contributed by atoms with van der Waals surface area (Å²) in [4.78, 5) is 24.3. The van der Waals surface area contributed by atoms with Crippen LogP contribution in [0.15, 0.2) is 53.9 Å². The molecule has 0 saturated heterocycles. The number of hydrogen-bond acceptors (Lipinski definition) is 5. The van der Waals surface area contributed by atoms with E-state index in [0.29, 0.717) is 16.1 Å². The summed E-state index contributed by atoms with van der Waals surface area (Å²) in [7, 11) is 0. The summed E-state index contributed by atoms with van der Waals surface area (Å²) in [6, 6.07) is 16.3. The molecule has 1 aliphatic heterocycles. The third-order valence-electron chi connectivity index (χ3n) is 4.34. The number of amides is 1. The van der Waals surface area contributed by atoms with Crippen molar-refractivity contribution in [2.24, 2.45) is 5.92 Å². The first-order valence-corrected chi connectivity index (χ1v) is 8.73. The van der Waals surface area contributed by atoms with Crippen molar-refractivity contribution in [1.82, 2.24) is 0 Å². The molecular formula is C20H12N2O3S. The number of nitrogens with one attached hydrogen (secondary N) is 1. The molecule has 0 radical (unpaired) electrons. The minimum Gasteiger partial charge on any atom is -0.507 e. The maximum atomic E-state index is 12.5. The number of benzene rings is 2. The fraction of sp³-hybridized carbons (Fsp3) is 0.0500. The summed E-state index contributed by atoms with van der Waals surface area (Å²) in [5, 5.41) is 24.0. The second-order valence-corrected chi connectivity index (χ2v) is 6.74. The Hall–Kier alpha value is -3.43. The number of phenols is 1. The van der Waals surface area contributed by atoms with Crippen LogP contribution in [0.5, 0.6) is 5.75 Å². The lowest BCUT2D eigenvalue weighted by atomic mass is 9.90. The van der Waals surface area contributed by atoms with Crippen LogP contribution in [0.1, 0.15) is 10.4 Å². The number of para-hydroxylation sites is 1. The molecule has 0 saturated carbocycles. The average molecular weight is 360 g/mol. The molecule has 26 heavy (non-hydrogen) atoms. The Kier molecular flexibility index (Phi) is 3.79. The molecule has 2 N–H and O–H groups in total. The van der Waals surface area contributed by atoms with Gasteiger partial charge in [-0.2, -0.15) is 5.26 Å². The number of hydrogen-bond donors (Lipinski definition) is 2. The monoisotopic (exact) mass is 360 g/mol. The number of fused-ring (bicyclic) bond motifs is 1. The highest BCUT2D eigenvalue weighted by molar-refractivity contribution is 7.15. The third-order valence-corrected chi connectivity index (χ3v) is 5.23. The van der Waals surface area contributed by atoms with Gasteiger partial charge >= 0.3 is 0 Å². The van der Waals surface area contributed by atoms with Crippen LogP contribution in [0.2, 0.25) is 0 Å². The number of nitrogens with zero attached hydrogens (tertiary/aromatic N) is 1. The summed E-state index contributed by atoms with van der Waals surface area (Å²) < 4.78 is 0. The molecule has 0 aliphatic carbocycles. The highest BCUT2D eigenvalue weighted by Gasteiger charge is 2.37. The number of carbonyl (C=O) groups excluding carboxylic acids is 2. The molecule has 0 bridgehead atoms. The maximum Gasteiger partial charge on any atom is 0.250 e. The van der Waals surface area contributed by atoms with Gasteiger partial charge in [-0.05, 0) is 17.2 Å². The maximum absolute atomic E-state index is 12.5. The van der Waals surface area contributed by atoms with E-state index in [4.69, 9.17) is 5.26 Å². The summed E-state index contributed by atoms with van der Waals surface area (Å²) >= 11 is 1.27. The summed E-state index contributed by atoms with van der Waals surface area (Å²) in [6.45, 7) is 0. The van der Waals surface area contributed by atoms with Crippen LogP contribution >= 0.6 is 11.3 Å². The van der Waals surface area contributed by atoms with Crippen LogP contribution in [0.4, 0.5) is 5.00 Å². The van der Waals surface area contributed by atoms with Gasteiger partial charge in [-0.15, -0.1) is 11.3 Å². The second-order valence-electron chi connectivity index (χ2n) is 5.86. The van der Waals surface area contributed by atoms with E-state index in [1.807, 2.05) is 36.4 Å². The molecule has 0 spiro atoms. The standard InChI is InChI=1S/C20H12N2O3S/c21-9-14-18(24)17-15(10-26-20(17)22-19(14)25)12-7-5-11(6-8-12)13-3-1-2-4-16(13)23/h1-8,10,14,23H,(H,22,25)/t14-/m1/s1. The number of rotatable bonds is 2. The lowest BCUT2D eigenvalue weighted by Crippen LogP contribution is -2.33. The first-order chi connectivity index (χ1) is 12.6. The Morgan fingerprint density at radius 3 is 2.31 bits per heavy atom. The molecule has 3 aromatic rings. The first-order valence-electron chi connectivity index (χ1n) is 7.85. The van der Waals surface area contributed by atoms with Crippen LogP contribution in [0.3, 0.4) is 0 Å². The highest BCUT2D eigenvalue weighted by atomic mass is 32.1. The second kappa shape index (κ2) is 6.14. The molecule has 0 unspecified atom stereocenters. The van der Waals surface area contributed by atoms with Crippen LogP contribution in [-0.2, 0) is 4.79 Å². The van der Waals surface area contributed by atoms with Crippen molar-refractivity contribution in [1.29, 1.82) is 5.26 Å². The van der Waals surface area contributed by atoms with Crippen molar-refractivity contribution in [3.63, 3.8) is 0 Å². The summed E-state index contributed by atoms with van der Waals surface area (Å²) in [6.07, 6.45) is 0. The van der Waals surface area contributed by atoms with Gasteiger partial charge in [-0.25, -0.2) is 0 Å². The Balaban J connectivity index is 1.75. The van der Waals surface area contributed by atoms with Gasteiger partial charge in [0, 0.05) is 16.5 Å². The number of ketones is 1. The molecule has 1 atom stereocenters. The lowest BCUT2D eigenvalue weighted by Gasteiger charge is -2.17. The molecule has 1 aliphatic rings. The molecule has 2 aromatic carbocycles. The lowest BCUT2D eigenvalue weighted by molar-refractivity contribution is -0.117. The average Bonchev–Trinajstić information content (AvgIpc) is 3.06. The molecule has 6 heteroatoms. The zero-order chi connectivity index (χ0) is 18.3. The largest absolute Gasteiger partial charge is 0.507 e. The van der Waals surface area contributed by atoms with E-state index in [-0.39, 0.29) is 5.75 Å². The van der Waals surface area contributed by atoms with Gasteiger partial charge in [0.2, 0.25) is 5.91 Å². The van der Waals surface area contributed by atoms with Crippen molar-refractivity contribution in [3.05, 3.63) is 59.5 Å². The van der Waals surface area contributed by atoms with E-state index in [9.17, 15) is 14.7 Å². The molecule has 1 amide bonds. The van der Waals surface area contributed by atoms with Gasteiger partial charge in [0.15, 0.2) is 11.7 Å². The van der Waals surface area contributed by atoms with Gasteiger partial charge < -0.3 is 10.4 Å². The van der Waals surface area contributed by atoms with Crippen molar-refractivity contribution in [2.45, 2.75) is 0 Å². The van der Waals surface area contributed by atoms with Crippen molar-refractivity contribution >= 4 is 28.0 Å². The fourth-order valence-electron chi connectivity index (χ4n) is 3.02. The van der Waals surface area contributed by atoms with Crippen molar-refractivity contribution in [3.8, 4) is 34.1 Å². The number of nitriles is 1. The van der Waals surface area contributed by atoms with Gasteiger partial charge in [0.25, 0.3) is 0 Å². The van der Waals surface area contributed by atoms with Crippen LogP contribution in [0, 0.1) is 17.2 Å². The zero-order valence-electron chi connectivity index (χ0n) is 13.4. The zero-order valence-corrected chi connectivity index (χ0v) is 14.2. The van der Waals surface area contributed by atoms with Crippen LogP contribution in [0.25, 0.3) is 22.3 Å². The molecule has 5 nitrogen and oxygen atoms in total. The summed E-state index contributed by atoms with van der Waals surface area (Å²) in [5.41, 5.74) is 3.46. The number of thiophene rings is 1. The number of carbonyl (C=O) groups is 2. The van der Waals surface area contributed by atoms with Crippen molar-refractivity contribution in [2.75, 3.05) is 5.32 Å². The molecule has 0 fully saturated rings. The van der Waals surface area contributed by atoms with E-state index in [1.165, 1.54) is 11.3 Å². The molecule has 2 heterocycles. The molecular weight excluding hydrogens is 348 g/mol. The fourth-order valence-corrected chi connectivity index (χ4v) is 4.00. The normalized spacial score (nSPS) is 15.9. The smallest absolute Gasteiger partial charge is 0.250 e. The van der Waals surface area contributed by atoms with Crippen molar-refractivity contribution < 1.29 is 14.7 Å². The van der Waals surface area contributed by atoms with Gasteiger partial charge in [0.05, 0.1) is 11.6 Å². The van der Waals surface area contributed by atoms with E-state index >= 15 is 0 Å². The van der Waals surface area contributed by atoms with E-state index in [2.05, 4.69) is 5.32 Å². The number of Topliss-reactive ketones (excluding diaryl/α,β-unsaturated/α-hetero) is 1. The third kappa shape index (κ3) is 2.46. The van der Waals surface area contributed by atoms with Gasteiger partial charge in [-0.3, -0.25) is 9.59 Å². The van der Waals surface area contributed by atoms with Crippen LogP contribution in [-0.4, -0.2) is 16.8 Å². The quantitative estimate of drug-likeness (QED) is 0.674. The Morgan fingerprint density at radius 1 is 1.00 bits per heavy atom. The predicted molar refractivity (Wildman–Crippen MR) is 98.9 cm³/mol. The minimum absolute atomic E-state index is 0.197. The number of anilines is 1. The van der Waals surface area contributed by atoms with Gasteiger partial charge in [0.1, 0.15) is 10.8 Å². The highest BCUT2D eigenvalue weighted by Crippen LogP contribution is 2.40. The Bertz CT molecular complexity index is 1080. The van der Waals surface area contributed by atoms with Crippen LogP contribution < -0.4 is 5.32 Å². The molecule has 4 rings (SSSR count). The first kappa shape index (κ1) is 16.1. The Morgan fingerprint density at radius 2 is 1.65 bits per heavy atom. The predicted octanol–water partition coefficient (Wildman–Crippen LogP) is 4.06.